The SMILES string of the molecule is COc1cc2ccccc2cc1C(=O)Nc1sc2c(c1C(=O)NN(C)C)CCCCC2. The molecule has 1 aliphatic rings. The fraction of sp³-hybridized carbons (Fsp3) is 0.333. The first-order chi connectivity index (χ1) is 15.0. The van der Waals surface area contributed by atoms with Crippen molar-refractivity contribution in [3.63, 3.8) is 0 Å². The zero-order chi connectivity index (χ0) is 22.0. The van der Waals surface area contributed by atoms with E-state index in [2.05, 4.69) is 10.7 Å². The highest BCUT2D eigenvalue weighted by Gasteiger charge is 2.27. The van der Waals surface area contributed by atoms with Crippen molar-refractivity contribution in [1.82, 2.24) is 10.4 Å². The van der Waals surface area contributed by atoms with E-state index in [1.807, 2.05) is 36.4 Å². The largest absolute Gasteiger partial charge is 0.496 e. The quantitative estimate of drug-likeness (QED) is 0.451. The minimum absolute atomic E-state index is 0.190. The molecule has 2 aromatic carbocycles. The number of ether oxygens (including phenoxy) is 1. The molecule has 1 aliphatic carbocycles. The first kappa shape index (κ1) is 21.3. The standard InChI is InChI=1S/C24H27N3O3S/c1-27(2)26-23(29)21-17-11-5-4-6-12-20(17)31-24(21)25-22(28)18-13-15-9-7-8-10-16(15)14-19(18)30-3/h7-10,13-14H,4-6,11-12H2,1-3H3,(H,25,28)(H,26,29). The third-order valence-electron chi connectivity index (χ3n) is 5.51. The number of amides is 2. The Hall–Kier alpha value is -2.90. The van der Waals surface area contributed by atoms with Crippen LogP contribution in [0.15, 0.2) is 36.4 Å². The van der Waals surface area contributed by atoms with Crippen LogP contribution in [0.25, 0.3) is 10.8 Å². The molecular formula is C24H27N3O3S. The second-order valence-electron chi connectivity index (χ2n) is 7.96. The lowest BCUT2D eigenvalue weighted by Crippen LogP contribution is -2.36. The third-order valence-corrected chi connectivity index (χ3v) is 6.72. The van der Waals surface area contributed by atoms with Crippen LogP contribution >= 0.6 is 11.3 Å². The number of carbonyl (C=O) groups excluding carboxylic acids is 2. The molecular weight excluding hydrogens is 410 g/mol. The number of thiophene rings is 1. The van der Waals surface area contributed by atoms with E-state index in [4.69, 9.17) is 4.74 Å². The first-order valence-corrected chi connectivity index (χ1v) is 11.3. The molecule has 6 nitrogen and oxygen atoms in total. The Bertz CT molecular complexity index is 1140. The van der Waals surface area contributed by atoms with Gasteiger partial charge >= 0.3 is 0 Å². The van der Waals surface area contributed by atoms with E-state index >= 15 is 0 Å². The third kappa shape index (κ3) is 4.43. The summed E-state index contributed by atoms with van der Waals surface area (Å²) in [7, 11) is 5.12. The van der Waals surface area contributed by atoms with E-state index in [1.165, 1.54) is 16.2 Å². The number of hydrogen-bond acceptors (Lipinski definition) is 5. The van der Waals surface area contributed by atoms with E-state index in [9.17, 15) is 9.59 Å². The van der Waals surface area contributed by atoms with Crippen LogP contribution in [0.5, 0.6) is 5.75 Å². The van der Waals surface area contributed by atoms with Crippen LogP contribution in [0, 0.1) is 0 Å². The van der Waals surface area contributed by atoms with Crippen LogP contribution in [0.1, 0.15) is 50.4 Å². The second-order valence-corrected chi connectivity index (χ2v) is 9.06. The lowest BCUT2D eigenvalue weighted by atomic mass is 10.0. The van der Waals surface area contributed by atoms with Gasteiger partial charge in [-0.3, -0.25) is 15.0 Å². The maximum absolute atomic E-state index is 13.3. The van der Waals surface area contributed by atoms with Gasteiger partial charge in [0.05, 0.1) is 18.2 Å². The van der Waals surface area contributed by atoms with Gasteiger partial charge in [0.15, 0.2) is 0 Å². The van der Waals surface area contributed by atoms with Crippen LogP contribution in [0.2, 0.25) is 0 Å². The fourth-order valence-corrected chi connectivity index (χ4v) is 5.35. The minimum Gasteiger partial charge on any atom is -0.496 e. The molecule has 0 aliphatic heterocycles. The summed E-state index contributed by atoms with van der Waals surface area (Å²) in [6, 6.07) is 11.6. The maximum Gasteiger partial charge on any atom is 0.268 e. The molecule has 1 heterocycles. The van der Waals surface area contributed by atoms with Gasteiger partial charge in [0.1, 0.15) is 10.8 Å². The number of carbonyl (C=O) groups is 2. The Labute approximate surface area is 186 Å². The molecule has 1 aromatic heterocycles. The number of hydrazine groups is 1. The molecule has 4 rings (SSSR count). The Morgan fingerprint density at radius 1 is 1.00 bits per heavy atom. The Morgan fingerprint density at radius 3 is 2.42 bits per heavy atom. The number of nitrogens with zero attached hydrogens (tertiary/aromatic N) is 1. The molecule has 2 amide bonds. The maximum atomic E-state index is 13.3. The Kier molecular flexibility index (Phi) is 6.25. The minimum atomic E-state index is -0.280. The van der Waals surface area contributed by atoms with Crippen LogP contribution in [-0.2, 0) is 12.8 Å². The lowest BCUT2D eigenvalue weighted by Gasteiger charge is -2.15. The molecule has 0 bridgehead atoms. The van der Waals surface area contributed by atoms with Crippen molar-refractivity contribution >= 4 is 38.9 Å². The highest BCUT2D eigenvalue weighted by Crippen LogP contribution is 2.38. The van der Waals surface area contributed by atoms with Crippen molar-refractivity contribution in [2.75, 3.05) is 26.5 Å². The van der Waals surface area contributed by atoms with Crippen LogP contribution in [0.4, 0.5) is 5.00 Å². The summed E-state index contributed by atoms with van der Waals surface area (Å²) in [5.74, 6) is 0.0386. The Balaban J connectivity index is 1.73. The van der Waals surface area contributed by atoms with Gasteiger partial charge in [-0.1, -0.05) is 30.7 Å². The summed E-state index contributed by atoms with van der Waals surface area (Å²) < 4.78 is 5.50. The van der Waals surface area contributed by atoms with E-state index < -0.39 is 0 Å². The fourth-order valence-electron chi connectivity index (χ4n) is 4.07. The highest BCUT2D eigenvalue weighted by molar-refractivity contribution is 7.17. The molecule has 31 heavy (non-hydrogen) atoms. The van der Waals surface area contributed by atoms with Gasteiger partial charge in [-0.05, 0) is 54.2 Å². The molecule has 0 spiro atoms. The van der Waals surface area contributed by atoms with Gasteiger partial charge in [0.25, 0.3) is 11.8 Å². The van der Waals surface area contributed by atoms with Gasteiger partial charge < -0.3 is 10.1 Å². The van der Waals surface area contributed by atoms with Crippen molar-refractivity contribution in [1.29, 1.82) is 0 Å². The zero-order valence-electron chi connectivity index (χ0n) is 18.1. The van der Waals surface area contributed by atoms with Crippen LogP contribution < -0.4 is 15.5 Å². The van der Waals surface area contributed by atoms with Crippen molar-refractivity contribution in [2.24, 2.45) is 0 Å². The number of hydrogen-bond donors (Lipinski definition) is 2. The number of benzene rings is 2. The number of nitrogens with one attached hydrogen (secondary N) is 2. The summed E-state index contributed by atoms with van der Waals surface area (Å²) in [5.41, 5.74) is 4.95. The van der Waals surface area contributed by atoms with Crippen molar-refractivity contribution in [2.45, 2.75) is 32.1 Å². The summed E-state index contributed by atoms with van der Waals surface area (Å²) in [5, 5.41) is 7.21. The summed E-state index contributed by atoms with van der Waals surface area (Å²) in [4.78, 5) is 27.5. The van der Waals surface area contributed by atoms with Crippen molar-refractivity contribution in [3.05, 3.63) is 58.0 Å². The van der Waals surface area contributed by atoms with Gasteiger partial charge in [-0.2, -0.15) is 0 Å². The van der Waals surface area contributed by atoms with Crippen molar-refractivity contribution < 1.29 is 14.3 Å². The zero-order valence-corrected chi connectivity index (χ0v) is 18.9. The predicted molar refractivity (Wildman–Crippen MR) is 125 cm³/mol. The van der Waals surface area contributed by atoms with E-state index in [1.54, 1.807) is 26.2 Å². The molecule has 0 atom stereocenters. The summed E-state index contributed by atoms with van der Waals surface area (Å²) >= 11 is 1.52. The van der Waals surface area contributed by atoms with Crippen LogP contribution in [0.3, 0.4) is 0 Å². The molecule has 2 N–H and O–H groups in total. The smallest absolute Gasteiger partial charge is 0.268 e. The van der Waals surface area contributed by atoms with Gasteiger partial charge in [-0.15, -0.1) is 11.3 Å². The summed E-state index contributed by atoms with van der Waals surface area (Å²) in [6.07, 6.45) is 5.12. The highest BCUT2D eigenvalue weighted by atomic mass is 32.1. The first-order valence-electron chi connectivity index (χ1n) is 10.5. The van der Waals surface area contributed by atoms with Gasteiger partial charge in [-0.25, -0.2) is 5.01 Å². The normalized spacial score (nSPS) is 13.5. The monoisotopic (exact) mass is 437 g/mol. The van der Waals surface area contributed by atoms with Crippen LogP contribution in [-0.4, -0.2) is 38.0 Å². The molecule has 162 valence electrons. The molecule has 3 aromatic rings. The topological polar surface area (TPSA) is 70.7 Å². The average molecular weight is 438 g/mol. The van der Waals surface area contributed by atoms with E-state index in [0.29, 0.717) is 21.9 Å². The predicted octanol–water partition coefficient (Wildman–Crippen LogP) is 4.64. The number of methoxy groups -OCH3 is 1. The number of anilines is 1. The number of aryl methyl sites for hydroxylation is 1. The van der Waals surface area contributed by atoms with Crippen molar-refractivity contribution in [3.8, 4) is 5.75 Å². The van der Waals surface area contributed by atoms with E-state index in [0.717, 1.165) is 48.4 Å². The number of rotatable bonds is 5. The number of fused-ring (bicyclic) bond motifs is 2. The molecule has 7 heteroatoms. The average Bonchev–Trinajstić information content (AvgIpc) is 2.92. The molecule has 0 saturated carbocycles. The second kappa shape index (κ2) is 9.08. The van der Waals surface area contributed by atoms with E-state index in [-0.39, 0.29) is 11.8 Å². The molecule has 0 saturated heterocycles. The van der Waals surface area contributed by atoms with Gasteiger partial charge in [0.2, 0.25) is 0 Å². The Morgan fingerprint density at radius 2 is 1.71 bits per heavy atom. The molecule has 0 radical (unpaired) electrons. The molecule has 0 unspecified atom stereocenters. The lowest BCUT2D eigenvalue weighted by molar-refractivity contribution is 0.0857. The molecule has 0 fully saturated rings. The summed E-state index contributed by atoms with van der Waals surface area (Å²) in [6.45, 7) is 0. The van der Waals surface area contributed by atoms with Gasteiger partial charge in [0, 0.05) is 19.0 Å².